The number of halogens is 1. The van der Waals surface area contributed by atoms with E-state index in [4.69, 9.17) is 17.3 Å². The molecule has 0 radical (unpaired) electrons. The number of aliphatic hydroxyl groups is 1. The SMILES string of the molecule is CC(O)(/C(N)=N/N=C/c1ccc(Cl)cc1)c1cccc2ccccc12. The Balaban J connectivity index is 1.91. The third-order valence-corrected chi connectivity index (χ3v) is 4.31. The van der Waals surface area contributed by atoms with E-state index in [1.54, 1.807) is 25.3 Å². The van der Waals surface area contributed by atoms with Crippen LogP contribution in [0.2, 0.25) is 5.02 Å². The summed E-state index contributed by atoms with van der Waals surface area (Å²) in [6, 6.07) is 20.7. The summed E-state index contributed by atoms with van der Waals surface area (Å²) in [5.41, 5.74) is 6.12. The van der Waals surface area contributed by atoms with Crippen molar-refractivity contribution >= 4 is 34.4 Å². The van der Waals surface area contributed by atoms with Crippen molar-refractivity contribution in [1.29, 1.82) is 0 Å². The van der Waals surface area contributed by atoms with Gasteiger partial charge in [0.2, 0.25) is 0 Å². The molecule has 3 aromatic rings. The molecule has 4 nitrogen and oxygen atoms in total. The third-order valence-electron chi connectivity index (χ3n) is 4.06. The topological polar surface area (TPSA) is 71.0 Å². The van der Waals surface area contributed by atoms with Crippen molar-refractivity contribution in [3.63, 3.8) is 0 Å². The molecule has 3 aromatic carbocycles. The van der Waals surface area contributed by atoms with Crippen molar-refractivity contribution in [3.8, 4) is 0 Å². The molecule has 0 aliphatic heterocycles. The molecule has 0 saturated heterocycles. The van der Waals surface area contributed by atoms with Gasteiger partial charge >= 0.3 is 0 Å². The molecule has 1 unspecified atom stereocenters. The van der Waals surface area contributed by atoms with E-state index < -0.39 is 5.60 Å². The van der Waals surface area contributed by atoms with Gasteiger partial charge in [0.1, 0.15) is 5.60 Å². The van der Waals surface area contributed by atoms with E-state index in [0.717, 1.165) is 16.3 Å². The standard InChI is InChI=1S/C20H18ClN3O/c1-20(25,18-8-4-6-15-5-2-3-7-17(15)18)19(22)24-23-13-14-9-11-16(21)12-10-14/h2-13,25H,1H3,(H2,22,24)/b23-13+. The van der Waals surface area contributed by atoms with Gasteiger partial charge in [0.05, 0.1) is 6.21 Å². The number of benzene rings is 3. The molecule has 0 fully saturated rings. The summed E-state index contributed by atoms with van der Waals surface area (Å²) in [4.78, 5) is 0. The highest BCUT2D eigenvalue weighted by atomic mass is 35.5. The van der Waals surface area contributed by atoms with Gasteiger partial charge in [-0.15, -0.1) is 5.10 Å². The zero-order valence-corrected chi connectivity index (χ0v) is 14.5. The summed E-state index contributed by atoms with van der Waals surface area (Å²) in [5, 5.41) is 21.5. The number of fused-ring (bicyclic) bond motifs is 1. The molecular formula is C20H18ClN3O. The van der Waals surface area contributed by atoms with Crippen molar-refractivity contribution < 1.29 is 5.11 Å². The molecule has 1 atom stereocenters. The highest BCUT2D eigenvalue weighted by Gasteiger charge is 2.30. The summed E-state index contributed by atoms with van der Waals surface area (Å²) in [7, 11) is 0. The summed E-state index contributed by atoms with van der Waals surface area (Å²) >= 11 is 5.85. The molecule has 0 aliphatic carbocycles. The van der Waals surface area contributed by atoms with Gasteiger partial charge in [-0.05, 0) is 41.0 Å². The van der Waals surface area contributed by atoms with E-state index in [0.29, 0.717) is 10.6 Å². The Labute approximate surface area is 151 Å². The maximum Gasteiger partial charge on any atom is 0.158 e. The molecule has 0 saturated carbocycles. The van der Waals surface area contributed by atoms with Crippen LogP contribution < -0.4 is 5.73 Å². The van der Waals surface area contributed by atoms with Crippen LogP contribution in [0.25, 0.3) is 10.8 Å². The number of rotatable bonds is 4. The lowest BCUT2D eigenvalue weighted by Gasteiger charge is -2.24. The first kappa shape index (κ1) is 17.1. The number of nitrogens with two attached hydrogens (primary N) is 1. The smallest absolute Gasteiger partial charge is 0.158 e. The van der Waals surface area contributed by atoms with Gasteiger partial charge in [0.25, 0.3) is 0 Å². The minimum atomic E-state index is -1.43. The predicted molar refractivity (Wildman–Crippen MR) is 104 cm³/mol. The fourth-order valence-corrected chi connectivity index (χ4v) is 2.72. The van der Waals surface area contributed by atoms with E-state index in [2.05, 4.69) is 10.2 Å². The van der Waals surface area contributed by atoms with Crippen LogP contribution in [0, 0.1) is 0 Å². The molecular weight excluding hydrogens is 334 g/mol. The number of amidine groups is 1. The zero-order chi connectivity index (χ0) is 17.9. The van der Waals surface area contributed by atoms with Crippen LogP contribution in [-0.2, 0) is 5.60 Å². The van der Waals surface area contributed by atoms with Crippen LogP contribution in [0.5, 0.6) is 0 Å². The van der Waals surface area contributed by atoms with Crippen molar-refractivity contribution in [2.24, 2.45) is 15.9 Å². The summed E-state index contributed by atoms with van der Waals surface area (Å²) < 4.78 is 0. The Morgan fingerprint density at radius 3 is 2.48 bits per heavy atom. The molecule has 0 aliphatic rings. The van der Waals surface area contributed by atoms with Gasteiger partial charge in [-0.25, -0.2) is 0 Å². The van der Waals surface area contributed by atoms with Crippen LogP contribution in [0.3, 0.4) is 0 Å². The van der Waals surface area contributed by atoms with Crippen LogP contribution in [0.4, 0.5) is 0 Å². The second-order valence-electron chi connectivity index (χ2n) is 5.88. The van der Waals surface area contributed by atoms with Crippen molar-refractivity contribution in [2.45, 2.75) is 12.5 Å². The second kappa shape index (κ2) is 7.05. The first-order valence-electron chi connectivity index (χ1n) is 7.81. The third kappa shape index (κ3) is 3.71. The Morgan fingerprint density at radius 2 is 1.72 bits per heavy atom. The Morgan fingerprint density at radius 1 is 1.04 bits per heavy atom. The second-order valence-corrected chi connectivity index (χ2v) is 6.32. The van der Waals surface area contributed by atoms with Crippen molar-refractivity contribution in [3.05, 3.63) is 82.9 Å². The highest BCUT2D eigenvalue weighted by molar-refractivity contribution is 6.30. The van der Waals surface area contributed by atoms with E-state index in [-0.39, 0.29) is 5.84 Å². The van der Waals surface area contributed by atoms with Crippen LogP contribution in [0.15, 0.2) is 76.9 Å². The van der Waals surface area contributed by atoms with Gasteiger partial charge in [0.15, 0.2) is 5.84 Å². The molecule has 0 heterocycles. The predicted octanol–water partition coefficient (Wildman–Crippen LogP) is 4.09. The molecule has 0 aromatic heterocycles. The quantitative estimate of drug-likeness (QED) is 0.422. The first-order chi connectivity index (χ1) is 12.0. The Kier molecular flexibility index (Phi) is 4.83. The van der Waals surface area contributed by atoms with Crippen molar-refractivity contribution in [2.75, 3.05) is 0 Å². The monoisotopic (exact) mass is 351 g/mol. The van der Waals surface area contributed by atoms with E-state index >= 15 is 0 Å². The Hall–Kier alpha value is -2.69. The number of hydrogen-bond donors (Lipinski definition) is 2. The normalized spacial score (nSPS) is 14.8. The fourth-order valence-electron chi connectivity index (χ4n) is 2.59. The summed E-state index contributed by atoms with van der Waals surface area (Å²) in [6.45, 7) is 1.62. The maximum atomic E-state index is 10.9. The van der Waals surface area contributed by atoms with E-state index in [1.807, 2.05) is 54.6 Å². The summed E-state index contributed by atoms with van der Waals surface area (Å²) in [5.74, 6) is 0.0223. The van der Waals surface area contributed by atoms with Gasteiger partial charge < -0.3 is 10.8 Å². The van der Waals surface area contributed by atoms with Gasteiger partial charge in [0, 0.05) is 5.02 Å². The largest absolute Gasteiger partial charge is 0.383 e. The molecule has 5 heteroatoms. The number of hydrogen-bond acceptors (Lipinski definition) is 3. The van der Waals surface area contributed by atoms with Gasteiger partial charge in [-0.2, -0.15) is 5.10 Å². The molecule has 0 bridgehead atoms. The number of nitrogens with zero attached hydrogens (tertiary/aromatic N) is 2. The molecule has 25 heavy (non-hydrogen) atoms. The fraction of sp³-hybridized carbons (Fsp3) is 0.100. The van der Waals surface area contributed by atoms with Gasteiger partial charge in [-0.3, -0.25) is 0 Å². The lowest BCUT2D eigenvalue weighted by Crippen LogP contribution is -2.38. The molecule has 3 rings (SSSR count). The maximum absolute atomic E-state index is 10.9. The van der Waals surface area contributed by atoms with Crippen molar-refractivity contribution in [1.82, 2.24) is 0 Å². The minimum Gasteiger partial charge on any atom is -0.383 e. The highest BCUT2D eigenvalue weighted by Crippen LogP contribution is 2.28. The average molecular weight is 352 g/mol. The summed E-state index contributed by atoms with van der Waals surface area (Å²) in [6.07, 6.45) is 1.56. The first-order valence-corrected chi connectivity index (χ1v) is 8.19. The molecule has 0 spiro atoms. The van der Waals surface area contributed by atoms with Crippen LogP contribution >= 0.6 is 11.6 Å². The average Bonchev–Trinajstić information content (AvgIpc) is 2.62. The van der Waals surface area contributed by atoms with Crippen LogP contribution in [0.1, 0.15) is 18.1 Å². The lowest BCUT2D eigenvalue weighted by molar-refractivity contribution is 0.133. The lowest BCUT2D eigenvalue weighted by atomic mass is 9.90. The van der Waals surface area contributed by atoms with Gasteiger partial charge in [-0.1, -0.05) is 66.2 Å². The van der Waals surface area contributed by atoms with E-state index in [9.17, 15) is 5.11 Å². The molecule has 126 valence electrons. The van der Waals surface area contributed by atoms with E-state index in [1.165, 1.54) is 0 Å². The zero-order valence-electron chi connectivity index (χ0n) is 13.7. The van der Waals surface area contributed by atoms with Crippen LogP contribution in [-0.4, -0.2) is 17.2 Å². The molecule has 0 amide bonds. The minimum absolute atomic E-state index is 0.0223. The molecule has 3 N–H and O–H groups in total. The Bertz CT molecular complexity index is 941.